The monoisotopic (exact) mass is 164 g/mol. The van der Waals surface area contributed by atoms with Gasteiger partial charge in [-0.1, -0.05) is 12.0 Å². The van der Waals surface area contributed by atoms with E-state index in [4.69, 9.17) is 15.9 Å². The summed E-state index contributed by atoms with van der Waals surface area (Å²) < 4.78 is 11.1. The second kappa shape index (κ2) is 2.93. The molecule has 1 spiro atoms. The van der Waals surface area contributed by atoms with Crippen molar-refractivity contribution < 1.29 is 9.47 Å². The van der Waals surface area contributed by atoms with Gasteiger partial charge in [-0.3, -0.25) is 0 Å². The number of terminal acetylenes is 1. The summed E-state index contributed by atoms with van der Waals surface area (Å²) in [6.07, 6.45) is 9.97. The standard InChI is InChI=1S/C10H12O2/c1-2-9-3-5-10(6-4-9)11-7-8-12-10/h1,3H,4-8H2. The lowest BCUT2D eigenvalue weighted by molar-refractivity contribution is -0.161. The normalized spacial score (nSPS) is 26.8. The molecule has 1 aliphatic carbocycles. The van der Waals surface area contributed by atoms with Gasteiger partial charge >= 0.3 is 0 Å². The average Bonchev–Trinajstić information content (AvgIpc) is 2.55. The van der Waals surface area contributed by atoms with Crippen molar-refractivity contribution in [3.63, 3.8) is 0 Å². The third-order valence-electron chi connectivity index (χ3n) is 2.43. The molecule has 0 N–H and O–H groups in total. The quantitative estimate of drug-likeness (QED) is 0.505. The number of rotatable bonds is 0. The Morgan fingerprint density at radius 2 is 2.17 bits per heavy atom. The predicted molar refractivity (Wildman–Crippen MR) is 45.4 cm³/mol. The molecular weight excluding hydrogens is 152 g/mol. The van der Waals surface area contributed by atoms with Crippen LogP contribution in [0.5, 0.6) is 0 Å². The van der Waals surface area contributed by atoms with E-state index in [1.54, 1.807) is 0 Å². The molecule has 2 heteroatoms. The minimum Gasteiger partial charge on any atom is -0.347 e. The van der Waals surface area contributed by atoms with Crippen LogP contribution in [0.2, 0.25) is 0 Å². The van der Waals surface area contributed by atoms with Gasteiger partial charge in [0.25, 0.3) is 0 Å². The lowest BCUT2D eigenvalue weighted by atomic mass is 9.94. The molecule has 0 bridgehead atoms. The van der Waals surface area contributed by atoms with Gasteiger partial charge in [0.15, 0.2) is 5.79 Å². The Labute approximate surface area is 72.5 Å². The predicted octanol–water partition coefficient (Wildman–Crippen LogP) is 1.47. The first-order chi connectivity index (χ1) is 5.85. The SMILES string of the molecule is C#CC1=CCC2(CC1)OCCO2. The molecule has 1 aliphatic heterocycles. The highest BCUT2D eigenvalue weighted by Crippen LogP contribution is 2.34. The summed E-state index contributed by atoms with van der Waals surface area (Å²) in [6, 6.07) is 0. The van der Waals surface area contributed by atoms with E-state index in [-0.39, 0.29) is 5.79 Å². The Morgan fingerprint density at radius 1 is 1.42 bits per heavy atom. The molecule has 64 valence electrons. The van der Waals surface area contributed by atoms with Crippen molar-refractivity contribution in [2.45, 2.75) is 25.0 Å². The van der Waals surface area contributed by atoms with E-state index < -0.39 is 0 Å². The van der Waals surface area contributed by atoms with E-state index in [0.717, 1.165) is 38.0 Å². The number of ether oxygens (including phenoxy) is 2. The van der Waals surface area contributed by atoms with Gasteiger partial charge < -0.3 is 9.47 Å². The average molecular weight is 164 g/mol. The number of hydrogen-bond donors (Lipinski definition) is 0. The molecule has 0 atom stereocenters. The summed E-state index contributed by atoms with van der Waals surface area (Å²) in [5.41, 5.74) is 1.08. The maximum atomic E-state index is 5.54. The Balaban J connectivity index is 2.07. The third kappa shape index (κ3) is 1.26. The van der Waals surface area contributed by atoms with Gasteiger partial charge in [-0.25, -0.2) is 0 Å². The van der Waals surface area contributed by atoms with Crippen LogP contribution in [0.4, 0.5) is 0 Å². The van der Waals surface area contributed by atoms with Gasteiger partial charge in [0.05, 0.1) is 13.2 Å². The molecule has 1 fully saturated rings. The first kappa shape index (κ1) is 7.85. The van der Waals surface area contributed by atoms with Crippen molar-refractivity contribution in [2.75, 3.05) is 13.2 Å². The second-order valence-electron chi connectivity index (χ2n) is 3.19. The van der Waals surface area contributed by atoms with Crippen molar-refractivity contribution >= 4 is 0 Å². The Hall–Kier alpha value is -0.780. The van der Waals surface area contributed by atoms with Crippen LogP contribution in [0, 0.1) is 12.3 Å². The van der Waals surface area contributed by atoms with Gasteiger partial charge in [0.1, 0.15) is 0 Å². The van der Waals surface area contributed by atoms with E-state index in [0.29, 0.717) is 0 Å². The fraction of sp³-hybridized carbons (Fsp3) is 0.600. The lowest BCUT2D eigenvalue weighted by Crippen LogP contribution is -2.31. The minimum absolute atomic E-state index is 0.319. The highest BCUT2D eigenvalue weighted by molar-refractivity contribution is 5.27. The Bertz CT molecular complexity index is 241. The van der Waals surface area contributed by atoms with Crippen LogP contribution in [0.15, 0.2) is 11.6 Å². The van der Waals surface area contributed by atoms with Gasteiger partial charge in [0.2, 0.25) is 0 Å². The molecule has 1 heterocycles. The summed E-state index contributed by atoms with van der Waals surface area (Å²) in [5, 5.41) is 0. The fourth-order valence-corrected chi connectivity index (χ4v) is 1.70. The topological polar surface area (TPSA) is 18.5 Å². The summed E-state index contributed by atoms with van der Waals surface area (Å²) in [7, 11) is 0. The van der Waals surface area contributed by atoms with Crippen LogP contribution in [0.3, 0.4) is 0 Å². The zero-order valence-electron chi connectivity index (χ0n) is 7.01. The lowest BCUT2D eigenvalue weighted by Gasteiger charge is -2.29. The largest absolute Gasteiger partial charge is 0.347 e. The van der Waals surface area contributed by atoms with Crippen LogP contribution in [0.1, 0.15) is 19.3 Å². The van der Waals surface area contributed by atoms with Crippen LogP contribution >= 0.6 is 0 Å². The molecule has 2 rings (SSSR count). The van der Waals surface area contributed by atoms with Crippen molar-refractivity contribution in [1.82, 2.24) is 0 Å². The highest BCUT2D eigenvalue weighted by Gasteiger charge is 2.37. The van der Waals surface area contributed by atoms with Crippen LogP contribution in [0.25, 0.3) is 0 Å². The Kier molecular flexibility index (Phi) is 1.92. The van der Waals surface area contributed by atoms with E-state index >= 15 is 0 Å². The molecule has 0 amide bonds. The molecule has 0 unspecified atom stereocenters. The molecule has 1 saturated heterocycles. The van der Waals surface area contributed by atoms with Crippen molar-refractivity contribution in [2.24, 2.45) is 0 Å². The van der Waals surface area contributed by atoms with E-state index in [1.165, 1.54) is 0 Å². The van der Waals surface area contributed by atoms with Crippen molar-refractivity contribution in [3.8, 4) is 12.3 Å². The molecule has 0 radical (unpaired) electrons. The first-order valence-corrected chi connectivity index (χ1v) is 4.28. The minimum atomic E-state index is -0.319. The molecule has 0 saturated carbocycles. The van der Waals surface area contributed by atoms with Crippen LogP contribution < -0.4 is 0 Å². The van der Waals surface area contributed by atoms with Gasteiger partial charge in [0, 0.05) is 12.8 Å². The summed E-state index contributed by atoms with van der Waals surface area (Å²) in [4.78, 5) is 0. The van der Waals surface area contributed by atoms with Gasteiger partial charge in [-0.15, -0.1) is 6.42 Å². The maximum Gasteiger partial charge on any atom is 0.172 e. The van der Waals surface area contributed by atoms with Crippen molar-refractivity contribution in [3.05, 3.63) is 11.6 Å². The second-order valence-corrected chi connectivity index (χ2v) is 3.19. The van der Waals surface area contributed by atoms with Crippen LogP contribution in [-0.4, -0.2) is 19.0 Å². The molecule has 2 aliphatic rings. The summed E-state index contributed by atoms with van der Waals surface area (Å²) in [6.45, 7) is 1.44. The van der Waals surface area contributed by atoms with E-state index in [1.807, 2.05) is 0 Å². The third-order valence-corrected chi connectivity index (χ3v) is 2.43. The summed E-state index contributed by atoms with van der Waals surface area (Å²) >= 11 is 0. The van der Waals surface area contributed by atoms with Crippen LogP contribution in [-0.2, 0) is 9.47 Å². The molecule has 0 aromatic rings. The fourth-order valence-electron chi connectivity index (χ4n) is 1.70. The van der Waals surface area contributed by atoms with Gasteiger partial charge in [-0.05, 0) is 12.0 Å². The first-order valence-electron chi connectivity index (χ1n) is 4.28. The summed E-state index contributed by atoms with van der Waals surface area (Å²) in [5.74, 6) is 2.34. The zero-order valence-corrected chi connectivity index (χ0v) is 7.01. The van der Waals surface area contributed by atoms with E-state index in [9.17, 15) is 0 Å². The van der Waals surface area contributed by atoms with E-state index in [2.05, 4.69) is 12.0 Å². The van der Waals surface area contributed by atoms with Crippen molar-refractivity contribution in [1.29, 1.82) is 0 Å². The number of hydrogen-bond acceptors (Lipinski definition) is 2. The molecule has 2 nitrogen and oxygen atoms in total. The molecular formula is C10H12O2. The Morgan fingerprint density at radius 3 is 2.67 bits per heavy atom. The molecule has 0 aromatic carbocycles. The van der Waals surface area contributed by atoms with Gasteiger partial charge in [-0.2, -0.15) is 0 Å². The number of allylic oxidation sites excluding steroid dienone is 1. The smallest absolute Gasteiger partial charge is 0.172 e. The molecule has 12 heavy (non-hydrogen) atoms. The maximum absolute atomic E-state index is 5.54. The highest BCUT2D eigenvalue weighted by atomic mass is 16.7. The molecule has 0 aromatic heterocycles. The zero-order chi connectivity index (χ0) is 8.44.